The molecule has 0 fully saturated rings. The minimum atomic E-state index is -1.02. The summed E-state index contributed by atoms with van der Waals surface area (Å²) in [6.07, 6.45) is -0.287. The number of benzene rings is 2. The number of hydrogen-bond acceptors (Lipinski definition) is 6. The Morgan fingerprint density at radius 3 is 2.59 bits per heavy atom. The summed E-state index contributed by atoms with van der Waals surface area (Å²) < 4.78 is 5.34. The predicted molar refractivity (Wildman–Crippen MR) is 109 cm³/mol. The van der Waals surface area contributed by atoms with Crippen LogP contribution in [-0.2, 0) is 16.0 Å². The molecule has 0 radical (unpaired) electrons. The van der Waals surface area contributed by atoms with Crippen molar-refractivity contribution in [2.24, 2.45) is 0 Å². The monoisotopic (exact) mass is 397 g/mol. The number of carbonyl (C=O) groups is 2. The number of esters is 1. The molecule has 0 bridgehead atoms. The molecule has 0 spiro atoms. The van der Waals surface area contributed by atoms with E-state index < -0.39 is 17.0 Å². The van der Waals surface area contributed by atoms with Crippen molar-refractivity contribution in [3.63, 3.8) is 0 Å². The Hall–Kier alpha value is -3.42. The summed E-state index contributed by atoms with van der Waals surface area (Å²) in [5.41, 5.74) is 2.08. The highest BCUT2D eigenvalue weighted by molar-refractivity contribution is 6.01. The van der Waals surface area contributed by atoms with Gasteiger partial charge in [-0.15, -0.1) is 0 Å². The van der Waals surface area contributed by atoms with Crippen molar-refractivity contribution in [1.29, 1.82) is 0 Å². The molecule has 0 saturated carbocycles. The quantitative estimate of drug-likeness (QED) is 0.437. The lowest BCUT2D eigenvalue weighted by atomic mass is 10.1. The molecule has 0 aromatic heterocycles. The van der Waals surface area contributed by atoms with Gasteiger partial charge in [0.2, 0.25) is 0 Å². The molecule has 8 nitrogen and oxygen atoms in total. The molecule has 3 rings (SSSR count). The van der Waals surface area contributed by atoms with E-state index in [1.807, 2.05) is 31.2 Å². The van der Waals surface area contributed by atoms with E-state index in [1.165, 1.54) is 25.1 Å². The number of nitrogens with zero attached hydrogens (tertiary/aromatic N) is 3. The Balaban J connectivity index is 1.78. The number of carbonyl (C=O) groups excluding carboxylic acids is 2. The second-order valence-corrected chi connectivity index (χ2v) is 7.29. The summed E-state index contributed by atoms with van der Waals surface area (Å²) in [6.45, 7) is 3.45. The largest absolute Gasteiger partial charge is 0.449 e. The maximum Gasteiger partial charge on any atom is 0.339 e. The van der Waals surface area contributed by atoms with Crippen molar-refractivity contribution >= 4 is 28.9 Å². The van der Waals surface area contributed by atoms with Gasteiger partial charge in [0.05, 0.1) is 10.5 Å². The Morgan fingerprint density at radius 1 is 1.24 bits per heavy atom. The van der Waals surface area contributed by atoms with Crippen LogP contribution in [0.4, 0.5) is 17.1 Å². The summed E-state index contributed by atoms with van der Waals surface area (Å²) >= 11 is 0. The number of anilines is 2. The lowest BCUT2D eigenvalue weighted by molar-refractivity contribution is -0.384. The van der Waals surface area contributed by atoms with Crippen LogP contribution in [0.15, 0.2) is 42.5 Å². The van der Waals surface area contributed by atoms with E-state index in [2.05, 4.69) is 0 Å². The molecule has 8 heteroatoms. The first-order valence-corrected chi connectivity index (χ1v) is 9.28. The molecule has 0 N–H and O–H groups in total. The van der Waals surface area contributed by atoms with Crippen LogP contribution in [0.1, 0.15) is 29.8 Å². The van der Waals surface area contributed by atoms with Crippen LogP contribution in [0, 0.1) is 10.1 Å². The zero-order chi connectivity index (χ0) is 21.3. The molecule has 1 aliphatic heterocycles. The average molecular weight is 397 g/mol. The van der Waals surface area contributed by atoms with E-state index in [1.54, 1.807) is 23.9 Å². The fraction of sp³-hybridized carbons (Fsp3) is 0.333. The van der Waals surface area contributed by atoms with Gasteiger partial charge in [-0.05, 0) is 44.0 Å². The summed E-state index contributed by atoms with van der Waals surface area (Å²) in [6, 6.07) is 11.7. The van der Waals surface area contributed by atoms with Crippen molar-refractivity contribution in [2.75, 3.05) is 23.9 Å². The number of amides is 1. The Kier molecular flexibility index (Phi) is 5.54. The molecule has 1 heterocycles. The lowest BCUT2D eigenvalue weighted by Gasteiger charge is -2.26. The molecule has 0 unspecified atom stereocenters. The molecule has 2 atom stereocenters. The first-order chi connectivity index (χ1) is 13.7. The Labute approximate surface area is 168 Å². The van der Waals surface area contributed by atoms with E-state index in [4.69, 9.17) is 4.74 Å². The highest BCUT2D eigenvalue weighted by Gasteiger charge is 2.34. The molecular formula is C21H23N3O5. The van der Waals surface area contributed by atoms with E-state index in [0.29, 0.717) is 5.69 Å². The standard InChI is InChI=1S/C21H23N3O5/c1-13-11-15-7-5-6-8-17(15)23(13)20(25)14(2)29-21(26)16-9-10-18(22(3)4)19(12-16)24(27)28/h5-10,12-14H,11H2,1-4H3/t13-,14-/m0/s1. The molecule has 1 amide bonds. The third kappa shape index (κ3) is 3.91. The maximum atomic E-state index is 12.9. The van der Waals surface area contributed by atoms with Crippen LogP contribution < -0.4 is 9.80 Å². The van der Waals surface area contributed by atoms with Gasteiger partial charge in [0.15, 0.2) is 6.10 Å². The Morgan fingerprint density at radius 2 is 1.93 bits per heavy atom. The van der Waals surface area contributed by atoms with Crippen LogP contribution >= 0.6 is 0 Å². The fourth-order valence-corrected chi connectivity index (χ4v) is 3.55. The van der Waals surface area contributed by atoms with Gasteiger partial charge in [0.25, 0.3) is 11.6 Å². The third-order valence-electron chi connectivity index (χ3n) is 4.97. The smallest absolute Gasteiger partial charge is 0.339 e. The van der Waals surface area contributed by atoms with Crippen molar-refractivity contribution in [3.05, 3.63) is 63.7 Å². The van der Waals surface area contributed by atoms with Gasteiger partial charge in [0, 0.05) is 31.9 Å². The average Bonchev–Trinajstić information content (AvgIpc) is 3.02. The van der Waals surface area contributed by atoms with E-state index in [9.17, 15) is 19.7 Å². The highest BCUT2D eigenvalue weighted by atomic mass is 16.6. The van der Waals surface area contributed by atoms with Crippen molar-refractivity contribution in [1.82, 2.24) is 0 Å². The molecule has 29 heavy (non-hydrogen) atoms. The SMILES string of the molecule is C[C@H](OC(=O)c1ccc(N(C)C)c([N+](=O)[O-])c1)C(=O)N1c2ccccc2C[C@@H]1C. The second-order valence-electron chi connectivity index (χ2n) is 7.29. The molecule has 2 aromatic carbocycles. The van der Waals surface area contributed by atoms with E-state index >= 15 is 0 Å². The zero-order valence-corrected chi connectivity index (χ0v) is 16.8. The van der Waals surface area contributed by atoms with Gasteiger partial charge in [-0.25, -0.2) is 4.79 Å². The first-order valence-electron chi connectivity index (χ1n) is 9.28. The van der Waals surface area contributed by atoms with E-state index in [0.717, 1.165) is 17.7 Å². The summed E-state index contributed by atoms with van der Waals surface area (Å²) in [4.78, 5) is 39.5. The normalized spacial score (nSPS) is 16.1. The molecule has 0 aliphatic carbocycles. The predicted octanol–water partition coefficient (Wildman–Crippen LogP) is 3.18. The van der Waals surface area contributed by atoms with Crippen LogP contribution in [-0.4, -0.2) is 43.0 Å². The van der Waals surface area contributed by atoms with Crippen LogP contribution in [0.3, 0.4) is 0 Å². The van der Waals surface area contributed by atoms with Crippen molar-refractivity contribution in [3.8, 4) is 0 Å². The van der Waals surface area contributed by atoms with Gasteiger partial charge < -0.3 is 14.5 Å². The Bertz CT molecular complexity index is 973. The third-order valence-corrected chi connectivity index (χ3v) is 4.97. The number of fused-ring (bicyclic) bond motifs is 1. The van der Waals surface area contributed by atoms with Gasteiger partial charge >= 0.3 is 5.97 Å². The highest BCUT2D eigenvalue weighted by Crippen LogP contribution is 2.33. The minimum absolute atomic E-state index is 0.0248. The van der Waals surface area contributed by atoms with Crippen molar-refractivity contribution in [2.45, 2.75) is 32.4 Å². The van der Waals surface area contributed by atoms with Crippen LogP contribution in [0.5, 0.6) is 0 Å². The maximum absolute atomic E-state index is 12.9. The number of rotatable bonds is 5. The molecule has 1 aliphatic rings. The fourth-order valence-electron chi connectivity index (χ4n) is 3.55. The van der Waals surface area contributed by atoms with Crippen molar-refractivity contribution < 1.29 is 19.2 Å². The number of ether oxygens (including phenoxy) is 1. The van der Waals surface area contributed by atoms with Gasteiger partial charge in [0.1, 0.15) is 5.69 Å². The van der Waals surface area contributed by atoms with E-state index in [-0.39, 0.29) is 23.2 Å². The van der Waals surface area contributed by atoms with Gasteiger partial charge in [-0.2, -0.15) is 0 Å². The van der Waals surface area contributed by atoms with Crippen LogP contribution in [0.2, 0.25) is 0 Å². The minimum Gasteiger partial charge on any atom is -0.449 e. The summed E-state index contributed by atoms with van der Waals surface area (Å²) in [5, 5.41) is 11.3. The zero-order valence-electron chi connectivity index (χ0n) is 16.8. The van der Waals surface area contributed by atoms with Crippen LogP contribution in [0.25, 0.3) is 0 Å². The van der Waals surface area contributed by atoms with Gasteiger partial charge in [-0.3, -0.25) is 14.9 Å². The number of para-hydroxylation sites is 1. The number of nitro benzene ring substituents is 1. The molecule has 0 saturated heterocycles. The molecular weight excluding hydrogens is 374 g/mol. The molecule has 2 aromatic rings. The van der Waals surface area contributed by atoms with Gasteiger partial charge in [-0.1, -0.05) is 18.2 Å². The lowest BCUT2D eigenvalue weighted by Crippen LogP contribution is -2.43. The summed E-state index contributed by atoms with van der Waals surface area (Å²) in [5.74, 6) is -1.10. The topological polar surface area (TPSA) is 93.0 Å². The summed E-state index contributed by atoms with van der Waals surface area (Å²) in [7, 11) is 3.35. The number of hydrogen-bond donors (Lipinski definition) is 0. The molecule has 152 valence electrons. The number of nitro groups is 1. The second kappa shape index (κ2) is 7.90. The first kappa shape index (κ1) is 20.3.